The van der Waals surface area contributed by atoms with Crippen molar-refractivity contribution in [1.82, 2.24) is 0 Å². The number of non-ortho nitro benzene ring substituents is 1. The van der Waals surface area contributed by atoms with Crippen molar-refractivity contribution < 1.29 is 23.9 Å². The van der Waals surface area contributed by atoms with Crippen molar-refractivity contribution in [3.63, 3.8) is 0 Å². The zero-order valence-corrected chi connectivity index (χ0v) is 10.1. The second kappa shape index (κ2) is 5.38. The van der Waals surface area contributed by atoms with Crippen molar-refractivity contribution >= 4 is 17.4 Å². The molecule has 0 aromatic heterocycles. The molecule has 1 aromatic rings. The number of hydrogen-bond donors (Lipinski definition) is 0. The Balaban J connectivity index is 2.04. The lowest BCUT2D eigenvalue weighted by molar-refractivity contribution is -0.384. The molecule has 1 aliphatic heterocycles. The zero-order valence-electron chi connectivity index (χ0n) is 10.1. The van der Waals surface area contributed by atoms with E-state index in [9.17, 15) is 14.9 Å². The predicted molar refractivity (Wildman–Crippen MR) is 63.7 cm³/mol. The summed E-state index contributed by atoms with van der Waals surface area (Å²) in [6, 6.07) is 5.72. The summed E-state index contributed by atoms with van der Waals surface area (Å²) in [6.07, 6.45) is 0.160. The van der Waals surface area contributed by atoms with Gasteiger partial charge in [0.15, 0.2) is 5.76 Å². The minimum Gasteiger partial charge on any atom is -0.460 e. The number of benzene rings is 1. The lowest BCUT2D eigenvalue weighted by Gasteiger charge is -2.10. The first-order valence-electron chi connectivity index (χ1n) is 5.55. The number of esters is 1. The van der Waals surface area contributed by atoms with E-state index in [1.165, 1.54) is 30.5 Å². The van der Waals surface area contributed by atoms with Gasteiger partial charge in [-0.1, -0.05) is 0 Å². The largest absolute Gasteiger partial charge is 0.460 e. The Hall–Kier alpha value is -2.57. The van der Waals surface area contributed by atoms with Crippen molar-refractivity contribution in [2.45, 2.75) is 13.2 Å². The SMILES string of the molecule is CCOC(=O)C1OC=C(c2ccc([N+](=O)[O-])cc2)O1. The van der Waals surface area contributed by atoms with Gasteiger partial charge in [0.2, 0.25) is 0 Å². The Bertz CT molecular complexity index is 522. The van der Waals surface area contributed by atoms with Crippen LogP contribution in [0.1, 0.15) is 12.5 Å². The van der Waals surface area contributed by atoms with Crippen molar-refractivity contribution in [3.05, 3.63) is 46.2 Å². The maximum Gasteiger partial charge on any atom is 0.389 e. The summed E-state index contributed by atoms with van der Waals surface area (Å²) >= 11 is 0. The van der Waals surface area contributed by atoms with Gasteiger partial charge in [-0.15, -0.1) is 0 Å². The molecule has 1 heterocycles. The number of rotatable bonds is 4. The highest BCUT2D eigenvalue weighted by Gasteiger charge is 2.29. The molecule has 0 spiro atoms. The molecule has 0 N–H and O–H groups in total. The Morgan fingerprint density at radius 1 is 1.42 bits per heavy atom. The fourth-order valence-corrected chi connectivity index (χ4v) is 1.49. The number of carbonyl (C=O) groups excluding carboxylic acids is 1. The fraction of sp³-hybridized carbons (Fsp3) is 0.250. The van der Waals surface area contributed by atoms with E-state index in [2.05, 4.69) is 0 Å². The first-order valence-corrected chi connectivity index (χ1v) is 5.55. The average molecular weight is 265 g/mol. The van der Waals surface area contributed by atoms with Gasteiger partial charge in [0.25, 0.3) is 5.69 Å². The molecule has 2 rings (SSSR count). The highest BCUT2D eigenvalue weighted by Crippen LogP contribution is 2.26. The molecular weight excluding hydrogens is 254 g/mol. The van der Waals surface area contributed by atoms with Crippen LogP contribution in [0.3, 0.4) is 0 Å². The van der Waals surface area contributed by atoms with Crippen LogP contribution in [0.25, 0.3) is 5.76 Å². The fourth-order valence-electron chi connectivity index (χ4n) is 1.49. The highest BCUT2D eigenvalue weighted by atomic mass is 16.7. The van der Waals surface area contributed by atoms with Crippen LogP contribution < -0.4 is 0 Å². The van der Waals surface area contributed by atoms with Crippen molar-refractivity contribution in [1.29, 1.82) is 0 Å². The standard InChI is InChI=1S/C12H11NO6/c1-2-17-11(14)12-18-7-10(19-12)8-3-5-9(6-4-8)13(15)16/h3-7,12H,2H2,1H3. The van der Waals surface area contributed by atoms with Gasteiger partial charge in [-0.05, 0) is 19.1 Å². The summed E-state index contributed by atoms with van der Waals surface area (Å²) < 4.78 is 15.0. The normalized spacial score (nSPS) is 17.1. The first kappa shape index (κ1) is 12.9. The smallest absolute Gasteiger partial charge is 0.389 e. The van der Waals surface area contributed by atoms with Gasteiger partial charge in [0, 0.05) is 17.7 Å². The van der Waals surface area contributed by atoms with Crippen LogP contribution in [0.15, 0.2) is 30.5 Å². The quantitative estimate of drug-likeness (QED) is 0.469. The Kier molecular flexibility index (Phi) is 3.65. The lowest BCUT2D eigenvalue weighted by Crippen LogP contribution is -2.24. The van der Waals surface area contributed by atoms with E-state index in [1.54, 1.807) is 6.92 Å². The second-order valence-corrected chi connectivity index (χ2v) is 3.62. The monoisotopic (exact) mass is 265 g/mol. The summed E-state index contributed by atoms with van der Waals surface area (Å²) in [5, 5.41) is 10.5. The van der Waals surface area contributed by atoms with E-state index in [1.807, 2.05) is 0 Å². The zero-order chi connectivity index (χ0) is 13.8. The molecule has 0 aliphatic carbocycles. The molecule has 0 bridgehead atoms. The third-order valence-corrected chi connectivity index (χ3v) is 2.37. The first-order chi connectivity index (χ1) is 9.11. The van der Waals surface area contributed by atoms with E-state index in [-0.39, 0.29) is 12.3 Å². The highest BCUT2D eigenvalue weighted by molar-refractivity contribution is 5.76. The molecule has 0 radical (unpaired) electrons. The number of hydrogen-bond acceptors (Lipinski definition) is 6. The topological polar surface area (TPSA) is 87.9 Å². The lowest BCUT2D eigenvalue weighted by atomic mass is 10.2. The van der Waals surface area contributed by atoms with Gasteiger partial charge in [-0.2, -0.15) is 0 Å². The molecule has 7 heteroatoms. The van der Waals surface area contributed by atoms with Crippen molar-refractivity contribution in [2.75, 3.05) is 6.61 Å². The summed E-state index contributed by atoms with van der Waals surface area (Å²) in [5.41, 5.74) is 0.558. The maximum atomic E-state index is 11.4. The molecule has 7 nitrogen and oxygen atoms in total. The maximum absolute atomic E-state index is 11.4. The van der Waals surface area contributed by atoms with Crippen LogP contribution in [-0.4, -0.2) is 23.8 Å². The van der Waals surface area contributed by atoms with Gasteiger partial charge < -0.3 is 14.2 Å². The molecule has 0 amide bonds. The van der Waals surface area contributed by atoms with Gasteiger partial charge in [-0.25, -0.2) is 4.79 Å². The van der Waals surface area contributed by atoms with Crippen molar-refractivity contribution in [3.8, 4) is 0 Å². The van der Waals surface area contributed by atoms with Gasteiger partial charge in [0.1, 0.15) is 6.26 Å². The molecule has 0 fully saturated rings. The number of ether oxygens (including phenoxy) is 3. The molecule has 19 heavy (non-hydrogen) atoms. The van der Waals surface area contributed by atoms with Gasteiger partial charge in [-0.3, -0.25) is 10.1 Å². The Labute approximate surface area is 108 Å². The van der Waals surface area contributed by atoms with Crippen LogP contribution in [-0.2, 0) is 19.0 Å². The summed E-state index contributed by atoms with van der Waals surface area (Å²) in [7, 11) is 0. The summed E-state index contributed by atoms with van der Waals surface area (Å²) in [4.78, 5) is 21.4. The van der Waals surface area contributed by atoms with Crippen LogP contribution in [0.2, 0.25) is 0 Å². The minimum atomic E-state index is -1.12. The van der Waals surface area contributed by atoms with Crippen LogP contribution in [0, 0.1) is 10.1 Å². The average Bonchev–Trinajstić information content (AvgIpc) is 2.89. The summed E-state index contributed by atoms with van der Waals surface area (Å²) in [6.45, 7) is 1.91. The number of nitrogens with zero attached hydrogens (tertiary/aromatic N) is 1. The molecule has 0 saturated heterocycles. The number of nitro benzene ring substituents is 1. The van der Waals surface area contributed by atoms with E-state index < -0.39 is 17.2 Å². The third-order valence-electron chi connectivity index (χ3n) is 2.37. The Morgan fingerprint density at radius 3 is 2.68 bits per heavy atom. The van der Waals surface area contributed by atoms with Gasteiger partial charge >= 0.3 is 12.3 Å². The molecule has 1 aliphatic rings. The molecule has 1 unspecified atom stereocenters. The van der Waals surface area contributed by atoms with Gasteiger partial charge in [0.05, 0.1) is 11.5 Å². The third kappa shape index (κ3) is 2.82. The number of nitro groups is 1. The van der Waals surface area contributed by atoms with E-state index >= 15 is 0 Å². The number of carbonyl (C=O) groups is 1. The van der Waals surface area contributed by atoms with E-state index in [0.717, 1.165) is 0 Å². The van der Waals surface area contributed by atoms with Crippen LogP contribution in [0.5, 0.6) is 0 Å². The van der Waals surface area contributed by atoms with Crippen LogP contribution in [0.4, 0.5) is 5.69 Å². The van der Waals surface area contributed by atoms with E-state index in [0.29, 0.717) is 11.3 Å². The Morgan fingerprint density at radius 2 is 2.11 bits per heavy atom. The second-order valence-electron chi connectivity index (χ2n) is 3.62. The molecule has 100 valence electrons. The molecule has 0 saturated carbocycles. The molecule has 1 aromatic carbocycles. The molecule has 1 atom stereocenters. The summed E-state index contributed by atoms with van der Waals surface area (Å²) in [5.74, 6) is -0.288. The predicted octanol–water partition coefficient (Wildman–Crippen LogP) is 1.83. The van der Waals surface area contributed by atoms with Crippen molar-refractivity contribution in [2.24, 2.45) is 0 Å². The minimum absolute atomic E-state index is 0.0230. The van der Waals surface area contributed by atoms with Crippen LogP contribution >= 0.6 is 0 Å². The molecular formula is C12H11NO6. The van der Waals surface area contributed by atoms with E-state index in [4.69, 9.17) is 14.2 Å².